The van der Waals surface area contributed by atoms with Crippen molar-refractivity contribution in [2.24, 2.45) is 0 Å². The van der Waals surface area contributed by atoms with Gasteiger partial charge in [-0.3, -0.25) is 0 Å². The Morgan fingerprint density at radius 2 is 1.47 bits per heavy atom. The minimum Gasteiger partial charge on any atom is -0.457 e. The molecule has 0 spiro atoms. The number of esters is 2. The molecule has 0 rings (SSSR count). The molecule has 0 aromatic rings. The summed E-state index contributed by atoms with van der Waals surface area (Å²) in [7, 11) is 1.46. The number of nitrogens with zero attached hydrogens (tertiary/aromatic N) is 1. The summed E-state index contributed by atoms with van der Waals surface area (Å²) < 4.78 is 24.5. The normalized spacial score (nSPS) is 10.6. The van der Waals surface area contributed by atoms with Crippen molar-refractivity contribution < 1.29 is 32.3 Å². The van der Waals surface area contributed by atoms with Crippen LogP contribution in [0.2, 0.25) is 6.04 Å². The molecule has 108 valence electrons. The Hall–Kier alpha value is -1.47. The van der Waals surface area contributed by atoms with E-state index in [4.69, 9.17) is 23.3 Å². The second kappa shape index (κ2) is 9.46. The molecular formula is C10H17NO7Si. The molecule has 19 heavy (non-hydrogen) atoms. The molecule has 0 aromatic heterocycles. The molecule has 9 heteroatoms. The minimum atomic E-state index is -2.82. The van der Waals surface area contributed by atoms with Gasteiger partial charge in [-0.05, 0) is 0 Å². The van der Waals surface area contributed by atoms with Crippen molar-refractivity contribution in [2.75, 3.05) is 34.5 Å². The molecule has 0 aliphatic rings. The summed E-state index contributed by atoms with van der Waals surface area (Å²) in [5, 5.41) is 8.24. The summed E-state index contributed by atoms with van der Waals surface area (Å²) >= 11 is 0. The van der Waals surface area contributed by atoms with Gasteiger partial charge in [-0.15, -0.1) is 0 Å². The van der Waals surface area contributed by atoms with Crippen LogP contribution in [0.3, 0.4) is 0 Å². The monoisotopic (exact) mass is 291 g/mol. The fourth-order valence-electron chi connectivity index (χ4n) is 1.13. The number of carbonyl (C=O) groups excluding carboxylic acids is 2. The summed E-state index contributed by atoms with van der Waals surface area (Å²) in [4.78, 5) is 22.3. The van der Waals surface area contributed by atoms with E-state index in [1.165, 1.54) is 21.3 Å². The van der Waals surface area contributed by atoms with Crippen LogP contribution in [0, 0.1) is 11.3 Å². The molecule has 0 aliphatic carbocycles. The van der Waals surface area contributed by atoms with Crippen molar-refractivity contribution in [2.45, 2.75) is 12.5 Å². The first-order chi connectivity index (χ1) is 9.05. The Morgan fingerprint density at radius 1 is 1.00 bits per heavy atom. The van der Waals surface area contributed by atoms with E-state index in [0.29, 0.717) is 0 Å². The zero-order valence-electron chi connectivity index (χ0n) is 11.1. The van der Waals surface area contributed by atoms with E-state index in [0.717, 1.165) is 0 Å². The van der Waals surface area contributed by atoms with Crippen LogP contribution in [0.4, 0.5) is 0 Å². The molecule has 0 saturated carbocycles. The lowest BCUT2D eigenvalue weighted by atomic mass is 10.5. The second-order valence-electron chi connectivity index (χ2n) is 3.23. The van der Waals surface area contributed by atoms with Gasteiger partial charge in [-0.2, -0.15) is 5.26 Å². The zero-order valence-corrected chi connectivity index (χ0v) is 12.1. The van der Waals surface area contributed by atoms with Gasteiger partial charge < -0.3 is 22.8 Å². The highest BCUT2D eigenvalue weighted by Gasteiger charge is 2.38. The van der Waals surface area contributed by atoms with Crippen LogP contribution in [0.15, 0.2) is 0 Å². The van der Waals surface area contributed by atoms with Gasteiger partial charge in [-0.25, -0.2) is 9.59 Å². The van der Waals surface area contributed by atoms with E-state index in [2.05, 4.69) is 4.74 Å². The van der Waals surface area contributed by atoms with E-state index in [1.54, 1.807) is 6.07 Å². The first-order valence-electron chi connectivity index (χ1n) is 5.41. The van der Waals surface area contributed by atoms with E-state index < -0.39 is 20.7 Å². The maximum Gasteiger partial charge on any atom is 0.503 e. The molecule has 0 radical (unpaired) electrons. The molecule has 8 nitrogen and oxygen atoms in total. The average Bonchev–Trinajstić information content (AvgIpc) is 2.44. The summed E-state index contributed by atoms with van der Waals surface area (Å²) in [6.45, 7) is -0.231. The summed E-state index contributed by atoms with van der Waals surface area (Å²) in [5.74, 6) is -2.25. The Morgan fingerprint density at radius 3 is 1.89 bits per heavy atom. The molecule has 0 heterocycles. The first kappa shape index (κ1) is 17.5. The van der Waals surface area contributed by atoms with Crippen LogP contribution in [-0.2, 0) is 32.3 Å². The van der Waals surface area contributed by atoms with E-state index in [9.17, 15) is 9.59 Å². The summed E-state index contributed by atoms with van der Waals surface area (Å²) in [6.07, 6.45) is 0.0199. The predicted molar refractivity (Wildman–Crippen MR) is 63.7 cm³/mol. The third-order valence-corrected chi connectivity index (χ3v) is 4.87. The molecule has 0 atom stereocenters. The van der Waals surface area contributed by atoms with Gasteiger partial charge in [0, 0.05) is 21.3 Å². The van der Waals surface area contributed by atoms with Gasteiger partial charge in [0.15, 0.2) is 0 Å². The van der Waals surface area contributed by atoms with Crippen LogP contribution in [0.5, 0.6) is 0 Å². The fraction of sp³-hybridized carbons (Fsp3) is 0.700. The average molecular weight is 291 g/mol. The molecule has 0 aromatic carbocycles. The lowest BCUT2D eigenvalue weighted by molar-refractivity contribution is -0.167. The van der Waals surface area contributed by atoms with Crippen LogP contribution < -0.4 is 0 Å². The fourth-order valence-corrected chi connectivity index (χ4v) is 2.60. The standard InChI is InChI=1S/C10H17NO7Si/c1-14-19(15-2,16-3)8-7-18-10(13)9(12)17-6-4-5-11/h4,6-8H2,1-3H3. The number of ether oxygens (including phenoxy) is 2. The number of hydrogen-bond donors (Lipinski definition) is 0. The molecule has 0 amide bonds. The molecule has 0 N–H and O–H groups in total. The van der Waals surface area contributed by atoms with E-state index in [-0.39, 0.29) is 25.7 Å². The number of rotatable bonds is 8. The van der Waals surface area contributed by atoms with Crippen LogP contribution >= 0.6 is 0 Å². The zero-order chi connectivity index (χ0) is 14.7. The lowest BCUT2D eigenvalue weighted by Gasteiger charge is -2.23. The number of hydrogen-bond acceptors (Lipinski definition) is 8. The van der Waals surface area contributed by atoms with Crippen LogP contribution in [0.1, 0.15) is 6.42 Å². The Bertz CT molecular complexity index is 329. The second-order valence-corrected chi connectivity index (χ2v) is 6.32. The topological polar surface area (TPSA) is 104 Å². The molecule has 0 unspecified atom stereocenters. The van der Waals surface area contributed by atoms with Crippen molar-refractivity contribution >= 4 is 20.7 Å². The summed E-state index contributed by atoms with van der Waals surface area (Å²) in [6, 6.07) is 1.99. The highest BCUT2D eigenvalue weighted by atomic mass is 28.4. The van der Waals surface area contributed by atoms with Crippen molar-refractivity contribution in [3.63, 3.8) is 0 Å². The Balaban J connectivity index is 4.03. The van der Waals surface area contributed by atoms with Gasteiger partial charge in [0.05, 0.1) is 25.1 Å². The molecule has 0 bridgehead atoms. The van der Waals surface area contributed by atoms with Gasteiger partial charge in [-0.1, -0.05) is 0 Å². The molecule has 0 aliphatic heterocycles. The van der Waals surface area contributed by atoms with Gasteiger partial charge in [0.2, 0.25) is 0 Å². The first-order valence-corrected chi connectivity index (χ1v) is 7.34. The van der Waals surface area contributed by atoms with Gasteiger partial charge >= 0.3 is 20.7 Å². The van der Waals surface area contributed by atoms with Crippen molar-refractivity contribution in [3.05, 3.63) is 0 Å². The van der Waals surface area contributed by atoms with Crippen LogP contribution in [-0.4, -0.2) is 55.3 Å². The van der Waals surface area contributed by atoms with Crippen molar-refractivity contribution in [1.29, 1.82) is 5.26 Å². The smallest absolute Gasteiger partial charge is 0.457 e. The van der Waals surface area contributed by atoms with Crippen molar-refractivity contribution in [1.82, 2.24) is 0 Å². The molecule has 0 fully saturated rings. The van der Waals surface area contributed by atoms with Crippen molar-refractivity contribution in [3.8, 4) is 6.07 Å². The number of carbonyl (C=O) groups is 2. The third kappa shape index (κ3) is 6.30. The van der Waals surface area contributed by atoms with Gasteiger partial charge in [0.1, 0.15) is 6.61 Å². The predicted octanol–water partition coefficient (Wildman–Crippen LogP) is -0.135. The quantitative estimate of drug-likeness (QED) is 0.263. The Labute approximate surface area is 112 Å². The molecular weight excluding hydrogens is 274 g/mol. The number of nitriles is 1. The maximum absolute atomic E-state index is 11.2. The largest absolute Gasteiger partial charge is 0.503 e. The lowest BCUT2D eigenvalue weighted by Crippen LogP contribution is -2.44. The maximum atomic E-state index is 11.2. The van der Waals surface area contributed by atoms with Gasteiger partial charge in [0.25, 0.3) is 0 Å². The van der Waals surface area contributed by atoms with E-state index >= 15 is 0 Å². The third-order valence-electron chi connectivity index (χ3n) is 2.19. The highest BCUT2D eigenvalue weighted by Crippen LogP contribution is 2.12. The summed E-state index contributed by atoms with van der Waals surface area (Å²) in [5.41, 5.74) is 0. The van der Waals surface area contributed by atoms with E-state index in [1.807, 2.05) is 0 Å². The Kier molecular flexibility index (Phi) is 8.72. The SMILES string of the molecule is CO[Si](CCOC(=O)C(=O)OCCC#N)(OC)OC. The molecule has 0 saturated heterocycles. The van der Waals surface area contributed by atoms with Crippen LogP contribution in [0.25, 0.3) is 0 Å². The minimum absolute atomic E-state index is 0.0199. The highest BCUT2D eigenvalue weighted by molar-refractivity contribution is 6.60.